The monoisotopic (exact) mass is 445 g/mol. The quantitative estimate of drug-likeness (QED) is 0.617. The van der Waals surface area contributed by atoms with Crippen LogP contribution in [0.15, 0.2) is 58.2 Å². The first-order chi connectivity index (χ1) is 14.3. The van der Waals surface area contributed by atoms with Crippen molar-refractivity contribution in [3.8, 4) is 0 Å². The lowest BCUT2D eigenvalue weighted by Crippen LogP contribution is -2.51. The minimum absolute atomic E-state index is 0.187. The van der Waals surface area contributed by atoms with Crippen LogP contribution in [0.4, 0.5) is 5.69 Å². The van der Waals surface area contributed by atoms with Crippen LogP contribution in [0.3, 0.4) is 0 Å². The molecule has 0 spiro atoms. The minimum atomic E-state index is -3.66. The van der Waals surface area contributed by atoms with E-state index in [1.54, 1.807) is 32.3 Å². The summed E-state index contributed by atoms with van der Waals surface area (Å²) in [6.45, 7) is 1.68. The Hall–Kier alpha value is -2.69. The van der Waals surface area contributed by atoms with Crippen molar-refractivity contribution in [2.45, 2.75) is 4.90 Å². The average molecular weight is 446 g/mol. The number of nitrogens with one attached hydrogen (secondary N) is 1. The maximum Gasteiger partial charge on any atom is 0.328 e. The predicted octanol–water partition coefficient (Wildman–Crippen LogP) is 1.58. The van der Waals surface area contributed by atoms with Gasteiger partial charge in [0.1, 0.15) is 0 Å². The Bertz CT molecular complexity index is 1260. The number of para-hydroxylation sites is 1. The summed E-state index contributed by atoms with van der Waals surface area (Å²) >= 11 is 5.48. The Morgan fingerprint density at radius 2 is 1.57 bits per heavy atom. The number of nitrogens with zero attached hydrogens (tertiary/aromatic N) is 4. The van der Waals surface area contributed by atoms with Crippen LogP contribution < -0.4 is 11.0 Å². The van der Waals surface area contributed by atoms with Gasteiger partial charge in [0.15, 0.2) is 5.11 Å². The van der Waals surface area contributed by atoms with Gasteiger partial charge in [-0.1, -0.05) is 18.2 Å². The van der Waals surface area contributed by atoms with Crippen molar-refractivity contribution in [1.82, 2.24) is 18.3 Å². The molecule has 8 nitrogen and oxygen atoms in total. The molecule has 2 heterocycles. The lowest BCUT2D eigenvalue weighted by atomic mass is 10.3. The van der Waals surface area contributed by atoms with Crippen LogP contribution in [0.2, 0.25) is 0 Å². The molecule has 0 atom stereocenters. The van der Waals surface area contributed by atoms with Gasteiger partial charge in [-0.2, -0.15) is 4.31 Å². The molecule has 1 aliphatic heterocycles. The maximum atomic E-state index is 13.2. The molecule has 1 aliphatic rings. The molecule has 0 aliphatic carbocycles. The van der Waals surface area contributed by atoms with Crippen molar-refractivity contribution in [3.05, 3.63) is 59.0 Å². The summed E-state index contributed by atoms with van der Waals surface area (Å²) in [5, 5.41) is 3.77. The number of sulfonamides is 1. The molecule has 0 bridgehead atoms. The third-order valence-corrected chi connectivity index (χ3v) is 7.69. The van der Waals surface area contributed by atoms with E-state index < -0.39 is 10.0 Å². The largest absolute Gasteiger partial charge is 0.346 e. The van der Waals surface area contributed by atoms with Crippen LogP contribution >= 0.6 is 12.2 Å². The number of aryl methyl sites for hydroxylation is 2. The van der Waals surface area contributed by atoms with Crippen molar-refractivity contribution in [3.63, 3.8) is 0 Å². The SMILES string of the molecule is Cn1c(=O)n(C)c2cc(S(=O)(=O)N3CCN(C(=S)Nc4ccccc4)CC3)ccc21. The molecule has 1 aromatic heterocycles. The van der Waals surface area contributed by atoms with E-state index in [-0.39, 0.29) is 10.6 Å². The van der Waals surface area contributed by atoms with Crippen LogP contribution in [-0.4, -0.2) is 58.0 Å². The Balaban J connectivity index is 1.49. The van der Waals surface area contributed by atoms with Gasteiger partial charge < -0.3 is 10.2 Å². The average Bonchev–Trinajstić information content (AvgIpc) is 2.98. The lowest BCUT2D eigenvalue weighted by Gasteiger charge is -2.35. The second kappa shape index (κ2) is 7.86. The molecule has 10 heteroatoms. The van der Waals surface area contributed by atoms with E-state index in [0.717, 1.165) is 5.69 Å². The minimum Gasteiger partial charge on any atom is -0.346 e. The number of thiocarbonyl (C=S) groups is 1. The van der Waals surface area contributed by atoms with E-state index >= 15 is 0 Å². The van der Waals surface area contributed by atoms with Gasteiger partial charge in [0, 0.05) is 46.0 Å². The molecular weight excluding hydrogens is 422 g/mol. The van der Waals surface area contributed by atoms with Crippen molar-refractivity contribution < 1.29 is 8.42 Å². The summed E-state index contributed by atoms with van der Waals surface area (Å²) in [4.78, 5) is 14.3. The molecule has 0 radical (unpaired) electrons. The van der Waals surface area contributed by atoms with Gasteiger partial charge in [0.2, 0.25) is 10.0 Å². The molecule has 2 aromatic carbocycles. The van der Waals surface area contributed by atoms with Crippen LogP contribution in [0.5, 0.6) is 0 Å². The fourth-order valence-electron chi connectivity index (χ4n) is 3.65. The topological polar surface area (TPSA) is 79.6 Å². The lowest BCUT2D eigenvalue weighted by molar-refractivity contribution is 0.268. The number of aromatic nitrogens is 2. The van der Waals surface area contributed by atoms with Crippen molar-refractivity contribution in [1.29, 1.82) is 0 Å². The zero-order chi connectivity index (χ0) is 21.5. The molecule has 30 heavy (non-hydrogen) atoms. The molecule has 1 N–H and O–H groups in total. The number of imidazole rings is 1. The highest BCUT2D eigenvalue weighted by Crippen LogP contribution is 2.22. The number of rotatable bonds is 3. The predicted molar refractivity (Wildman–Crippen MR) is 121 cm³/mol. The Morgan fingerprint density at radius 3 is 2.23 bits per heavy atom. The molecule has 0 unspecified atom stereocenters. The van der Waals surface area contributed by atoms with Gasteiger partial charge in [-0.15, -0.1) is 0 Å². The van der Waals surface area contributed by atoms with Gasteiger partial charge in [-0.05, 0) is 42.5 Å². The van der Waals surface area contributed by atoms with Gasteiger partial charge in [0.25, 0.3) is 0 Å². The number of hydrogen-bond acceptors (Lipinski definition) is 4. The molecule has 3 aromatic rings. The first-order valence-corrected chi connectivity index (χ1v) is 11.4. The molecule has 0 saturated carbocycles. The standard InChI is InChI=1S/C20H23N5O3S2/c1-22-17-9-8-16(14-18(17)23(2)20(22)26)30(27,28)25-12-10-24(11-13-25)19(29)21-15-6-4-3-5-7-15/h3-9,14H,10-13H2,1-2H3,(H,21,29). The zero-order valence-electron chi connectivity index (χ0n) is 16.8. The summed E-state index contributed by atoms with van der Waals surface area (Å²) in [6, 6.07) is 14.5. The fraction of sp³-hybridized carbons (Fsp3) is 0.300. The fourth-order valence-corrected chi connectivity index (χ4v) is 5.39. The number of benzene rings is 2. The van der Waals surface area contributed by atoms with Gasteiger partial charge in [0.05, 0.1) is 15.9 Å². The maximum absolute atomic E-state index is 13.2. The Kier molecular flexibility index (Phi) is 5.39. The molecule has 1 fully saturated rings. The second-order valence-corrected chi connectivity index (χ2v) is 9.56. The van der Waals surface area contributed by atoms with Gasteiger partial charge in [-0.25, -0.2) is 13.2 Å². The molecular formula is C20H23N5O3S2. The van der Waals surface area contributed by atoms with Crippen molar-refractivity contribution in [2.75, 3.05) is 31.5 Å². The summed E-state index contributed by atoms with van der Waals surface area (Å²) in [6.07, 6.45) is 0. The van der Waals surface area contributed by atoms with Crippen LogP contribution in [0.1, 0.15) is 0 Å². The summed E-state index contributed by atoms with van der Waals surface area (Å²) in [7, 11) is -0.353. The summed E-state index contributed by atoms with van der Waals surface area (Å²) < 4.78 is 30.8. The zero-order valence-corrected chi connectivity index (χ0v) is 18.4. The number of fused-ring (bicyclic) bond motifs is 1. The highest BCUT2D eigenvalue weighted by molar-refractivity contribution is 7.89. The smallest absolute Gasteiger partial charge is 0.328 e. The van der Waals surface area contributed by atoms with Gasteiger partial charge in [-0.3, -0.25) is 9.13 Å². The van der Waals surface area contributed by atoms with Crippen LogP contribution in [0, 0.1) is 0 Å². The van der Waals surface area contributed by atoms with E-state index in [0.29, 0.717) is 42.3 Å². The third kappa shape index (κ3) is 3.62. The number of anilines is 1. The molecule has 1 saturated heterocycles. The normalized spacial score (nSPS) is 15.5. The third-order valence-electron chi connectivity index (χ3n) is 5.43. The van der Waals surface area contributed by atoms with E-state index in [1.165, 1.54) is 13.4 Å². The summed E-state index contributed by atoms with van der Waals surface area (Å²) in [5.41, 5.74) is 2.01. The van der Waals surface area contributed by atoms with Crippen LogP contribution in [-0.2, 0) is 24.1 Å². The first kappa shape index (κ1) is 20.6. The molecule has 4 rings (SSSR count). The molecule has 0 amide bonds. The van der Waals surface area contributed by atoms with Crippen molar-refractivity contribution >= 4 is 44.1 Å². The Labute approximate surface area is 180 Å². The summed E-state index contributed by atoms with van der Waals surface area (Å²) in [5.74, 6) is 0. The number of hydrogen-bond donors (Lipinski definition) is 1. The second-order valence-electron chi connectivity index (χ2n) is 7.24. The Morgan fingerprint density at radius 1 is 0.933 bits per heavy atom. The van der Waals surface area contributed by atoms with Crippen molar-refractivity contribution in [2.24, 2.45) is 14.1 Å². The van der Waals surface area contributed by atoms with E-state index in [4.69, 9.17) is 12.2 Å². The van der Waals surface area contributed by atoms with E-state index in [1.807, 2.05) is 35.2 Å². The van der Waals surface area contributed by atoms with Crippen LogP contribution in [0.25, 0.3) is 11.0 Å². The molecule has 158 valence electrons. The van der Waals surface area contributed by atoms with Gasteiger partial charge >= 0.3 is 5.69 Å². The first-order valence-electron chi connectivity index (χ1n) is 9.55. The van der Waals surface area contributed by atoms with E-state index in [9.17, 15) is 13.2 Å². The highest BCUT2D eigenvalue weighted by atomic mass is 32.2. The number of piperazine rings is 1. The highest BCUT2D eigenvalue weighted by Gasteiger charge is 2.30. The van der Waals surface area contributed by atoms with E-state index in [2.05, 4.69) is 5.32 Å².